The molecular weight excluding hydrogens is 555 g/mol. The maximum Gasteiger partial charge on any atom is 0.272 e. The van der Waals surface area contributed by atoms with Gasteiger partial charge in [-0.25, -0.2) is 17.5 Å². The molecule has 0 fully saturated rings. The van der Waals surface area contributed by atoms with Crippen LogP contribution in [0.5, 0.6) is 11.6 Å². The third-order valence-electron chi connectivity index (χ3n) is 6.13. The number of aromatic nitrogens is 3. The summed E-state index contributed by atoms with van der Waals surface area (Å²) in [5.74, 6) is -1.33. The van der Waals surface area contributed by atoms with Crippen LogP contribution < -0.4 is 14.8 Å². The molecule has 0 spiro atoms. The van der Waals surface area contributed by atoms with Gasteiger partial charge in [0, 0.05) is 42.7 Å². The Balaban J connectivity index is 1.80. The highest BCUT2D eigenvalue weighted by atomic mass is 32.2. The van der Waals surface area contributed by atoms with E-state index in [1.807, 2.05) is 0 Å². The smallest absolute Gasteiger partial charge is 0.272 e. The summed E-state index contributed by atoms with van der Waals surface area (Å²) in [5, 5.41) is 18.6. The number of nitro benzene ring substituents is 1. The number of sulfonamides is 1. The lowest BCUT2D eigenvalue weighted by Crippen LogP contribution is -2.32. The first-order valence-electron chi connectivity index (χ1n) is 12.5. The van der Waals surface area contributed by atoms with Crippen molar-refractivity contribution >= 4 is 21.6 Å². The average Bonchev–Trinajstić information content (AvgIpc) is 3.28. The molecule has 0 aliphatic carbocycles. The van der Waals surface area contributed by atoms with Gasteiger partial charge in [-0.1, -0.05) is 13.0 Å². The van der Waals surface area contributed by atoms with Crippen molar-refractivity contribution in [1.29, 1.82) is 0 Å². The van der Waals surface area contributed by atoms with Crippen LogP contribution in [0.3, 0.4) is 0 Å². The number of ether oxygens (including phenoxy) is 1. The van der Waals surface area contributed by atoms with Crippen LogP contribution in [0.15, 0.2) is 71.9 Å². The Bertz CT molecular complexity index is 1680. The van der Waals surface area contributed by atoms with Gasteiger partial charge in [-0.05, 0) is 62.2 Å². The Hall–Kier alpha value is -4.69. The number of hydrogen-bond acceptors (Lipinski definition) is 8. The quantitative estimate of drug-likeness (QED) is 0.194. The van der Waals surface area contributed by atoms with Gasteiger partial charge in [-0.3, -0.25) is 19.9 Å². The zero-order chi connectivity index (χ0) is 29.7. The van der Waals surface area contributed by atoms with Crippen molar-refractivity contribution in [2.75, 3.05) is 0 Å². The molecule has 0 saturated heterocycles. The van der Waals surface area contributed by atoms with Crippen molar-refractivity contribution in [3.8, 4) is 17.3 Å². The van der Waals surface area contributed by atoms with Crippen molar-refractivity contribution in [3.63, 3.8) is 0 Å². The second-order valence-corrected chi connectivity index (χ2v) is 10.8. The Kier molecular flexibility index (Phi) is 8.74. The fourth-order valence-electron chi connectivity index (χ4n) is 3.76. The zero-order valence-electron chi connectivity index (χ0n) is 22.4. The van der Waals surface area contributed by atoms with Crippen molar-refractivity contribution in [1.82, 2.24) is 24.8 Å². The molecule has 1 atom stereocenters. The fraction of sp³-hybridized carbons (Fsp3) is 0.222. The molecule has 4 aromatic rings. The van der Waals surface area contributed by atoms with E-state index >= 15 is 0 Å². The molecule has 4 rings (SSSR count). The van der Waals surface area contributed by atoms with Crippen molar-refractivity contribution in [2.45, 2.75) is 44.7 Å². The SMILES string of the molecule is CC[C@H](C)NS(=O)(=O)c1cc([N+](=O)[O-])ccc1Oc1c(C)c(C(=O)NCc2cccnc2)nn1-c1ccc(F)cc1. The van der Waals surface area contributed by atoms with E-state index in [4.69, 9.17) is 4.74 Å². The first-order valence-corrected chi connectivity index (χ1v) is 14.0. The van der Waals surface area contributed by atoms with Gasteiger partial charge in [-0.2, -0.15) is 9.78 Å². The summed E-state index contributed by atoms with van der Waals surface area (Å²) in [6.07, 6.45) is 3.68. The van der Waals surface area contributed by atoms with E-state index in [-0.39, 0.29) is 29.4 Å². The van der Waals surface area contributed by atoms with Crippen LogP contribution in [0, 0.1) is 22.9 Å². The molecule has 41 heavy (non-hydrogen) atoms. The van der Waals surface area contributed by atoms with Crippen molar-refractivity contribution < 1.29 is 27.3 Å². The number of halogens is 1. The number of carbonyl (C=O) groups is 1. The average molecular weight is 583 g/mol. The monoisotopic (exact) mass is 582 g/mol. The predicted molar refractivity (Wildman–Crippen MR) is 147 cm³/mol. The third-order valence-corrected chi connectivity index (χ3v) is 7.74. The van der Waals surface area contributed by atoms with Crippen LogP contribution in [0.1, 0.15) is 41.9 Å². The number of amides is 1. The second-order valence-electron chi connectivity index (χ2n) is 9.13. The molecule has 0 saturated carbocycles. The maximum absolute atomic E-state index is 13.7. The van der Waals surface area contributed by atoms with Gasteiger partial charge in [0.25, 0.3) is 11.6 Å². The Labute approximate surface area is 235 Å². The molecule has 2 aromatic heterocycles. The molecule has 0 aliphatic heterocycles. The molecular formula is C27H27FN6O6S. The van der Waals surface area contributed by atoms with Crippen molar-refractivity contribution in [3.05, 3.63) is 99.7 Å². The topological polar surface area (TPSA) is 158 Å². The number of nitro groups is 1. The number of carbonyl (C=O) groups excluding carboxylic acids is 1. The first kappa shape index (κ1) is 29.3. The molecule has 1 amide bonds. The number of rotatable bonds is 11. The molecule has 2 heterocycles. The van der Waals surface area contributed by atoms with E-state index in [9.17, 15) is 27.7 Å². The van der Waals surface area contributed by atoms with Gasteiger partial charge in [-0.15, -0.1) is 0 Å². The lowest BCUT2D eigenvalue weighted by Gasteiger charge is -2.16. The molecule has 2 aromatic carbocycles. The van der Waals surface area contributed by atoms with Crippen LogP contribution in [-0.2, 0) is 16.6 Å². The molecule has 14 heteroatoms. The highest BCUT2D eigenvalue weighted by Crippen LogP contribution is 2.36. The number of nitrogens with zero attached hydrogens (tertiary/aromatic N) is 4. The van der Waals surface area contributed by atoms with E-state index in [1.165, 1.54) is 28.9 Å². The van der Waals surface area contributed by atoms with E-state index in [0.29, 0.717) is 12.1 Å². The summed E-state index contributed by atoms with van der Waals surface area (Å²) in [5.41, 5.74) is 0.829. The first-order chi connectivity index (χ1) is 19.5. The Morgan fingerprint density at radius 1 is 1.20 bits per heavy atom. The van der Waals surface area contributed by atoms with Gasteiger partial charge in [0.05, 0.1) is 10.6 Å². The number of non-ortho nitro benzene ring substituents is 1. The van der Waals surface area contributed by atoms with Crippen LogP contribution in [0.25, 0.3) is 5.69 Å². The van der Waals surface area contributed by atoms with E-state index in [0.717, 1.165) is 23.8 Å². The van der Waals surface area contributed by atoms with Crippen LogP contribution in [0.4, 0.5) is 10.1 Å². The maximum atomic E-state index is 13.7. The van der Waals surface area contributed by atoms with E-state index in [2.05, 4.69) is 20.1 Å². The molecule has 0 aliphatic rings. The minimum atomic E-state index is -4.27. The lowest BCUT2D eigenvalue weighted by atomic mass is 10.2. The molecule has 0 radical (unpaired) electrons. The molecule has 0 bridgehead atoms. The zero-order valence-corrected chi connectivity index (χ0v) is 23.2. The summed E-state index contributed by atoms with van der Waals surface area (Å²) < 4.78 is 50.0. The molecule has 2 N–H and O–H groups in total. The number of pyridine rings is 1. The number of benzene rings is 2. The largest absolute Gasteiger partial charge is 0.437 e. The summed E-state index contributed by atoms with van der Waals surface area (Å²) in [6, 6.07) is 11.4. The lowest BCUT2D eigenvalue weighted by molar-refractivity contribution is -0.385. The number of nitrogens with one attached hydrogen (secondary N) is 2. The highest BCUT2D eigenvalue weighted by molar-refractivity contribution is 7.89. The van der Waals surface area contributed by atoms with Gasteiger partial charge in [0.2, 0.25) is 15.9 Å². The van der Waals surface area contributed by atoms with Crippen LogP contribution in [0.2, 0.25) is 0 Å². The van der Waals surface area contributed by atoms with Gasteiger partial charge < -0.3 is 10.1 Å². The minimum Gasteiger partial charge on any atom is -0.437 e. The third kappa shape index (κ3) is 6.73. The van der Waals surface area contributed by atoms with E-state index < -0.39 is 43.3 Å². The second kappa shape index (κ2) is 12.2. The Morgan fingerprint density at radius 2 is 1.93 bits per heavy atom. The normalized spacial score (nSPS) is 12.1. The van der Waals surface area contributed by atoms with Crippen LogP contribution >= 0.6 is 0 Å². The van der Waals surface area contributed by atoms with Gasteiger partial charge in [0.15, 0.2) is 5.69 Å². The van der Waals surface area contributed by atoms with Gasteiger partial charge in [0.1, 0.15) is 16.5 Å². The summed E-state index contributed by atoms with van der Waals surface area (Å²) in [6.45, 7) is 5.15. The summed E-state index contributed by atoms with van der Waals surface area (Å²) in [7, 11) is -4.27. The standard InChI is InChI=1S/C27H27FN6O6S/c1-4-17(2)32-41(38,39)24-14-22(34(36)37)11-12-23(24)40-27-18(3)25(26(35)30-16-19-6-5-13-29-15-19)31-33(27)21-9-7-20(28)8-10-21/h5-15,17,32H,4,16H2,1-3H3,(H,30,35)/t17-/m0/s1. The summed E-state index contributed by atoms with van der Waals surface area (Å²) >= 11 is 0. The predicted octanol–water partition coefficient (Wildman–Crippen LogP) is 4.42. The molecule has 12 nitrogen and oxygen atoms in total. The molecule has 214 valence electrons. The summed E-state index contributed by atoms with van der Waals surface area (Å²) in [4.78, 5) is 27.4. The number of hydrogen-bond donors (Lipinski definition) is 2. The molecule has 0 unspecified atom stereocenters. The van der Waals surface area contributed by atoms with Crippen molar-refractivity contribution in [2.24, 2.45) is 0 Å². The van der Waals surface area contributed by atoms with Gasteiger partial charge >= 0.3 is 0 Å². The fourth-order valence-corrected chi connectivity index (χ4v) is 5.24. The Morgan fingerprint density at radius 3 is 2.56 bits per heavy atom. The van der Waals surface area contributed by atoms with Crippen LogP contribution in [-0.4, -0.2) is 40.1 Å². The van der Waals surface area contributed by atoms with E-state index in [1.54, 1.807) is 45.3 Å². The minimum absolute atomic E-state index is 0.0303. The highest BCUT2D eigenvalue weighted by Gasteiger charge is 2.28.